The molecule has 0 spiro atoms. The predicted molar refractivity (Wildman–Crippen MR) is 123 cm³/mol. The van der Waals surface area contributed by atoms with Gasteiger partial charge in [-0.2, -0.15) is 4.31 Å². The number of rotatable bonds is 11. The fraction of sp³-hybridized carbons (Fsp3) is 0.636. The number of anilines is 1. The van der Waals surface area contributed by atoms with Gasteiger partial charge in [-0.05, 0) is 44.4 Å². The second kappa shape index (κ2) is 11.5. The Kier molecular flexibility index (Phi) is 9.31. The van der Waals surface area contributed by atoms with Crippen molar-refractivity contribution in [2.45, 2.75) is 64.3 Å². The van der Waals surface area contributed by atoms with Crippen molar-refractivity contribution < 1.29 is 18.0 Å². The van der Waals surface area contributed by atoms with E-state index in [4.69, 9.17) is 0 Å². The van der Waals surface area contributed by atoms with Crippen molar-refractivity contribution in [2.24, 2.45) is 0 Å². The number of amides is 2. The molecule has 0 aliphatic carbocycles. The van der Waals surface area contributed by atoms with Crippen molar-refractivity contribution in [2.75, 3.05) is 37.6 Å². The number of hydrogen-bond donors (Lipinski definition) is 2. The molecule has 0 radical (unpaired) electrons. The first-order valence-electron chi connectivity index (χ1n) is 11.2. The number of nitrogens with zero attached hydrogens (tertiary/aromatic N) is 2. The third kappa shape index (κ3) is 6.43. The van der Waals surface area contributed by atoms with Gasteiger partial charge in [0, 0.05) is 50.9 Å². The molecule has 1 unspecified atom stereocenters. The molecule has 9 heteroatoms. The van der Waals surface area contributed by atoms with Gasteiger partial charge in [-0.3, -0.25) is 9.59 Å². The molecule has 1 atom stereocenters. The smallest absolute Gasteiger partial charge is 0.253 e. The molecule has 2 amide bonds. The Morgan fingerprint density at radius 3 is 2.35 bits per heavy atom. The Hall–Kier alpha value is -2.13. The van der Waals surface area contributed by atoms with Crippen LogP contribution in [0.1, 0.15) is 63.7 Å². The Labute approximate surface area is 186 Å². The highest BCUT2D eigenvalue weighted by Crippen LogP contribution is 2.28. The lowest BCUT2D eigenvalue weighted by atomic mass is 10.1. The summed E-state index contributed by atoms with van der Waals surface area (Å²) in [7, 11) is -3.68. The number of nitrogens with one attached hydrogen (secondary N) is 2. The zero-order chi connectivity index (χ0) is 23.0. The molecule has 1 aliphatic rings. The van der Waals surface area contributed by atoms with E-state index in [1.807, 2.05) is 13.8 Å². The summed E-state index contributed by atoms with van der Waals surface area (Å²) in [5.41, 5.74) is 1.06. The van der Waals surface area contributed by atoms with Gasteiger partial charge in [-0.25, -0.2) is 8.42 Å². The van der Waals surface area contributed by atoms with Crippen molar-refractivity contribution in [3.05, 3.63) is 23.8 Å². The maximum atomic E-state index is 13.0. The maximum absolute atomic E-state index is 13.0. The van der Waals surface area contributed by atoms with E-state index < -0.39 is 10.0 Å². The van der Waals surface area contributed by atoms with E-state index in [1.165, 1.54) is 10.4 Å². The topological polar surface area (TPSA) is 98.8 Å². The molecule has 174 valence electrons. The quantitative estimate of drug-likeness (QED) is 0.537. The van der Waals surface area contributed by atoms with E-state index in [2.05, 4.69) is 15.5 Å². The van der Waals surface area contributed by atoms with Crippen LogP contribution in [0.5, 0.6) is 0 Å². The molecule has 31 heavy (non-hydrogen) atoms. The number of carbonyl (C=O) groups is 2. The average Bonchev–Trinajstić information content (AvgIpc) is 3.28. The minimum absolute atomic E-state index is 0.0898. The number of sulfonamides is 1. The van der Waals surface area contributed by atoms with Gasteiger partial charge >= 0.3 is 0 Å². The lowest BCUT2D eigenvalue weighted by molar-refractivity contribution is -0.121. The summed E-state index contributed by atoms with van der Waals surface area (Å²) in [5, 5.41) is 5.66. The maximum Gasteiger partial charge on any atom is 0.253 e. The molecule has 1 fully saturated rings. The Morgan fingerprint density at radius 2 is 1.77 bits per heavy atom. The zero-order valence-electron chi connectivity index (χ0n) is 19.1. The second-order valence-electron chi connectivity index (χ2n) is 7.85. The largest absolute Gasteiger partial charge is 0.371 e. The molecule has 8 nitrogen and oxygen atoms in total. The molecule has 1 aromatic carbocycles. The monoisotopic (exact) mass is 452 g/mol. The predicted octanol–water partition coefficient (Wildman–Crippen LogP) is 2.35. The molecule has 1 aromatic rings. The van der Waals surface area contributed by atoms with E-state index in [9.17, 15) is 18.0 Å². The van der Waals surface area contributed by atoms with Gasteiger partial charge in [-0.15, -0.1) is 0 Å². The highest BCUT2D eigenvalue weighted by molar-refractivity contribution is 7.89. The van der Waals surface area contributed by atoms with Gasteiger partial charge in [0.05, 0.1) is 10.5 Å². The highest BCUT2D eigenvalue weighted by Gasteiger charge is 2.26. The molecule has 0 saturated carbocycles. The summed E-state index contributed by atoms with van der Waals surface area (Å²) in [6, 6.07) is 4.87. The fourth-order valence-electron chi connectivity index (χ4n) is 3.64. The van der Waals surface area contributed by atoms with E-state index in [-0.39, 0.29) is 35.7 Å². The molecule has 1 heterocycles. The highest BCUT2D eigenvalue weighted by atomic mass is 32.2. The van der Waals surface area contributed by atoms with Crippen molar-refractivity contribution in [1.29, 1.82) is 0 Å². The summed E-state index contributed by atoms with van der Waals surface area (Å²) in [6.45, 7) is 10.1. The second-order valence-corrected chi connectivity index (χ2v) is 9.78. The molecular formula is C22H36N4O4S. The number of carbonyl (C=O) groups excluding carboxylic acids is 2. The summed E-state index contributed by atoms with van der Waals surface area (Å²) in [6.07, 6.45) is 3.09. The van der Waals surface area contributed by atoms with E-state index in [0.717, 1.165) is 38.0 Å². The third-order valence-corrected chi connectivity index (χ3v) is 7.71. The SMILES string of the molecule is CCC(C)NC(=O)CCNC(=O)c1cc(S(=O)(=O)N(CC)CC)ccc1N1CCCC1. The molecule has 1 saturated heterocycles. The standard InChI is InChI=1S/C22H36N4O4S/c1-5-17(4)24-21(27)12-13-23-22(28)19-16-18(31(29,30)26(6-2)7-3)10-11-20(19)25-14-8-9-15-25/h10-11,16-17H,5-9,12-15H2,1-4H3,(H,23,28)(H,24,27). The van der Waals surface area contributed by atoms with Crippen molar-refractivity contribution in [3.63, 3.8) is 0 Å². The van der Waals surface area contributed by atoms with Crippen LogP contribution in [0.3, 0.4) is 0 Å². The van der Waals surface area contributed by atoms with Crippen molar-refractivity contribution >= 4 is 27.5 Å². The molecule has 2 rings (SSSR count). The Bertz CT molecular complexity index is 862. The van der Waals surface area contributed by atoms with Gasteiger partial charge in [0.15, 0.2) is 0 Å². The van der Waals surface area contributed by atoms with Crippen molar-refractivity contribution in [1.82, 2.24) is 14.9 Å². The van der Waals surface area contributed by atoms with Gasteiger partial charge in [0.25, 0.3) is 5.91 Å². The molecule has 0 bridgehead atoms. The molecule has 2 N–H and O–H groups in total. The Morgan fingerprint density at radius 1 is 1.13 bits per heavy atom. The minimum Gasteiger partial charge on any atom is -0.371 e. The lowest BCUT2D eigenvalue weighted by Crippen LogP contribution is -2.35. The number of benzene rings is 1. The van der Waals surface area contributed by atoms with Crippen LogP contribution < -0.4 is 15.5 Å². The van der Waals surface area contributed by atoms with Gasteiger partial charge in [0.1, 0.15) is 0 Å². The van der Waals surface area contributed by atoms with E-state index >= 15 is 0 Å². The first-order valence-corrected chi connectivity index (χ1v) is 12.6. The van der Waals surface area contributed by atoms with Crippen LogP contribution in [0.2, 0.25) is 0 Å². The van der Waals surface area contributed by atoms with Gasteiger partial charge in [0.2, 0.25) is 15.9 Å². The van der Waals surface area contributed by atoms with Crippen LogP contribution in [-0.4, -0.2) is 63.3 Å². The number of hydrogen-bond acceptors (Lipinski definition) is 5. The Balaban J connectivity index is 2.23. The summed E-state index contributed by atoms with van der Waals surface area (Å²) in [5.74, 6) is -0.484. The fourth-order valence-corrected chi connectivity index (χ4v) is 5.12. The summed E-state index contributed by atoms with van der Waals surface area (Å²) >= 11 is 0. The molecular weight excluding hydrogens is 416 g/mol. The third-order valence-electron chi connectivity index (χ3n) is 5.66. The van der Waals surface area contributed by atoms with Crippen LogP contribution in [0, 0.1) is 0 Å². The zero-order valence-corrected chi connectivity index (χ0v) is 19.9. The first-order chi connectivity index (χ1) is 14.7. The van der Waals surface area contributed by atoms with Crippen LogP contribution in [0.25, 0.3) is 0 Å². The van der Waals surface area contributed by atoms with Crippen LogP contribution in [0.4, 0.5) is 5.69 Å². The lowest BCUT2D eigenvalue weighted by Gasteiger charge is -2.23. The van der Waals surface area contributed by atoms with Gasteiger partial charge in [-0.1, -0.05) is 20.8 Å². The van der Waals surface area contributed by atoms with Gasteiger partial charge < -0.3 is 15.5 Å². The van der Waals surface area contributed by atoms with E-state index in [1.54, 1.807) is 26.0 Å². The average molecular weight is 453 g/mol. The van der Waals surface area contributed by atoms with Crippen LogP contribution in [0.15, 0.2) is 23.1 Å². The van der Waals surface area contributed by atoms with Crippen molar-refractivity contribution in [3.8, 4) is 0 Å². The van der Waals surface area contributed by atoms with Crippen LogP contribution in [-0.2, 0) is 14.8 Å². The summed E-state index contributed by atoms with van der Waals surface area (Å²) < 4.78 is 27.3. The minimum atomic E-state index is -3.68. The first kappa shape index (κ1) is 25.1. The normalized spacial score (nSPS) is 15.2. The van der Waals surface area contributed by atoms with E-state index in [0.29, 0.717) is 18.7 Å². The molecule has 0 aromatic heterocycles. The molecule has 1 aliphatic heterocycles. The van der Waals surface area contributed by atoms with Crippen LogP contribution >= 0.6 is 0 Å². The summed E-state index contributed by atoms with van der Waals surface area (Å²) in [4.78, 5) is 27.2.